The largest absolute Gasteiger partial charge is 0.384 e. The van der Waals surface area contributed by atoms with Crippen molar-refractivity contribution in [3.05, 3.63) is 29.3 Å². The number of anilines is 1. The van der Waals surface area contributed by atoms with Crippen LogP contribution in [-0.4, -0.2) is 12.6 Å². The Labute approximate surface area is 80.1 Å². The standard InChI is InChI=1S/C10H10F2N2/c11-5-1-6(12)9-7(2-5)14-4-10(9)3-8(10)13/h1-2,8,14H,3-4,13H2. The van der Waals surface area contributed by atoms with Gasteiger partial charge in [0.1, 0.15) is 11.6 Å². The molecule has 1 aliphatic heterocycles. The van der Waals surface area contributed by atoms with Gasteiger partial charge in [0.05, 0.1) is 0 Å². The second kappa shape index (κ2) is 2.25. The Morgan fingerprint density at radius 2 is 2.14 bits per heavy atom. The Bertz CT molecular complexity index is 419. The van der Waals surface area contributed by atoms with Crippen LogP contribution in [0, 0.1) is 11.6 Å². The van der Waals surface area contributed by atoms with Crippen LogP contribution >= 0.6 is 0 Å². The van der Waals surface area contributed by atoms with Crippen molar-refractivity contribution in [3.8, 4) is 0 Å². The van der Waals surface area contributed by atoms with Crippen molar-refractivity contribution in [1.29, 1.82) is 0 Å². The Morgan fingerprint density at radius 1 is 1.43 bits per heavy atom. The predicted molar refractivity (Wildman–Crippen MR) is 49.1 cm³/mol. The quantitative estimate of drug-likeness (QED) is 0.657. The topological polar surface area (TPSA) is 38.0 Å². The van der Waals surface area contributed by atoms with Crippen LogP contribution in [0.3, 0.4) is 0 Å². The van der Waals surface area contributed by atoms with Crippen molar-refractivity contribution in [2.45, 2.75) is 17.9 Å². The fourth-order valence-electron chi connectivity index (χ4n) is 2.38. The van der Waals surface area contributed by atoms with E-state index >= 15 is 0 Å². The molecule has 2 nitrogen and oxygen atoms in total. The number of nitrogens with two attached hydrogens (primary N) is 1. The minimum absolute atomic E-state index is 0.0104. The van der Waals surface area contributed by atoms with Crippen LogP contribution < -0.4 is 11.1 Å². The summed E-state index contributed by atoms with van der Waals surface area (Å²) in [7, 11) is 0. The number of benzene rings is 1. The minimum Gasteiger partial charge on any atom is -0.384 e. The number of nitrogens with one attached hydrogen (secondary N) is 1. The molecule has 0 bridgehead atoms. The average Bonchev–Trinajstić information content (AvgIpc) is 2.54. The van der Waals surface area contributed by atoms with Crippen molar-refractivity contribution in [3.63, 3.8) is 0 Å². The highest BCUT2D eigenvalue weighted by Crippen LogP contribution is 2.54. The fraction of sp³-hybridized carbons (Fsp3) is 0.400. The predicted octanol–water partition coefficient (Wildman–Crippen LogP) is 1.36. The van der Waals surface area contributed by atoms with E-state index in [0.29, 0.717) is 17.8 Å². The summed E-state index contributed by atoms with van der Waals surface area (Å²) in [4.78, 5) is 0. The summed E-state index contributed by atoms with van der Waals surface area (Å²) < 4.78 is 26.4. The maximum absolute atomic E-state index is 13.5. The Morgan fingerprint density at radius 3 is 2.79 bits per heavy atom. The van der Waals surface area contributed by atoms with Crippen molar-refractivity contribution in [2.75, 3.05) is 11.9 Å². The second-order valence-corrected chi connectivity index (χ2v) is 4.13. The van der Waals surface area contributed by atoms with Gasteiger partial charge in [-0.05, 0) is 12.5 Å². The van der Waals surface area contributed by atoms with Gasteiger partial charge < -0.3 is 11.1 Å². The summed E-state index contributed by atoms with van der Waals surface area (Å²) >= 11 is 0. The lowest BCUT2D eigenvalue weighted by atomic mass is 9.97. The summed E-state index contributed by atoms with van der Waals surface area (Å²) in [5.74, 6) is -1.02. The zero-order valence-electron chi connectivity index (χ0n) is 7.48. The van der Waals surface area contributed by atoms with Gasteiger partial charge in [-0.1, -0.05) is 0 Å². The maximum Gasteiger partial charge on any atom is 0.132 e. The first-order valence-corrected chi connectivity index (χ1v) is 4.62. The zero-order chi connectivity index (χ0) is 9.92. The number of hydrogen-bond donors (Lipinski definition) is 2. The van der Waals surface area contributed by atoms with E-state index in [1.54, 1.807) is 0 Å². The summed E-state index contributed by atoms with van der Waals surface area (Å²) in [6.07, 6.45) is 0.787. The van der Waals surface area contributed by atoms with Crippen molar-refractivity contribution in [2.24, 2.45) is 5.73 Å². The number of fused-ring (bicyclic) bond motifs is 2. The molecule has 74 valence electrons. The van der Waals surface area contributed by atoms with Gasteiger partial charge in [0.15, 0.2) is 0 Å². The summed E-state index contributed by atoms with van der Waals surface area (Å²) in [5, 5.41) is 3.00. The van der Waals surface area contributed by atoms with E-state index in [-0.39, 0.29) is 11.5 Å². The average molecular weight is 196 g/mol. The number of hydrogen-bond acceptors (Lipinski definition) is 2. The van der Waals surface area contributed by atoms with Gasteiger partial charge >= 0.3 is 0 Å². The molecule has 2 unspecified atom stereocenters. The van der Waals surface area contributed by atoms with Gasteiger partial charge in [-0.2, -0.15) is 0 Å². The second-order valence-electron chi connectivity index (χ2n) is 4.13. The molecule has 0 radical (unpaired) electrons. The van der Waals surface area contributed by atoms with Crippen LogP contribution in [0.1, 0.15) is 12.0 Å². The molecular formula is C10H10F2N2. The minimum atomic E-state index is -0.542. The summed E-state index contributed by atoms with van der Waals surface area (Å²) in [6, 6.07) is 2.27. The van der Waals surface area contributed by atoms with Crippen molar-refractivity contribution < 1.29 is 8.78 Å². The lowest BCUT2D eigenvalue weighted by molar-refractivity contribution is 0.560. The molecule has 1 saturated carbocycles. The van der Waals surface area contributed by atoms with Crippen LogP contribution in [0.15, 0.2) is 12.1 Å². The smallest absolute Gasteiger partial charge is 0.132 e. The molecular weight excluding hydrogens is 186 g/mol. The van der Waals surface area contributed by atoms with Gasteiger partial charge in [0.25, 0.3) is 0 Å². The third kappa shape index (κ3) is 0.817. The molecule has 0 aromatic heterocycles. The molecule has 1 heterocycles. The Balaban J connectivity index is 2.20. The molecule has 14 heavy (non-hydrogen) atoms. The highest BCUT2D eigenvalue weighted by atomic mass is 19.1. The van der Waals surface area contributed by atoms with E-state index in [9.17, 15) is 8.78 Å². The molecule has 2 atom stereocenters. The summed E-state index contributed by atoms with van der Waals surface area (Å²) in [5.41, 5.74) is 6.67. The number of halogens is 2. The SMILES string of the molecule is NC1CC12CNc1cc(F)cc(F)c12. The molecule has 0 amide bonds. The highest BCUT2D eigenvalue weighted by molar-refractivity contribution is 5.64. The molecule has 4 heteroatoms. The molecule has 1 spiro atoms. The summed E-state index contributed by atoms with van der Waals surface area (Å²) in [6.45, 7) is 0.629. The van der Waals surface area contributed by atoms with Gasteiger partial charge in [-0.3, -0.25) is 0 Å². The zero-order valence-corrected chi connectivity index (χ0v) is 7.48. The van der Waals surface area contributed by atoms with Gasteiger partial charge in [-0.25, -0.2) is 8.78 Å². The van der Waals surface area contributed by atoms with E-state index < -0.39 is 11.6 Å². The molecule has 1 aromatic carbocycles. The van der Waals surface area contributed by atoms with Crippen LogP contribution in [-0.2, 0) is 5.41 Å². The maximum atomic E-state index is 13.5. The normalized spacial score (nSPS) is 32.9. The monoisotopic (exact) mass is 196 g/mol. The third-order valence-electron chi connectivity index (χ3n) is 3.28. The van der Waals surface area contributed by atoms with Gasteiger partial charge in [0, 0.05) is 35.3 Å². The van der Waals surface area contributed by atoms with E-state index in [0.717, 1.165) is 12.5 Å². The number of rotatable bonds is 0. The molecule has 1 aliphatic carbocycles. The highest BCUT2D eigenvalue weighted by Gasteiger charge is 2.58. The molecule has 2 aliphatic rings. The van der Waals surface area contributed by atoms with Crippen LogP contribution in [0.25, 0.3) is 0 Å². The lowest BCUT2D eigenvalue weighted by Gasteiger charge is -2.08. The first-order valence-electron chi connectivity index (χ1n) is 4.62. The van der Waals surface area contributed by atoms with E-state index in [2.05, 4.69) is 5.32 Å². The van der Waals surface area contributed by atoms with Crippen LogP contribution in [0.5, 0.6) is 0 Å². The van der Waals surface area contributed by atoms with Gasteiger partial charge in [0.2, 0.25) is 0 Å². The first-order chi connectivity index (χ1) is 6.63. The molecule has 1 aromatic rings. The van der Waals surface area contributed by atoms with E-state index in [1.165, 1.54) is 6.07 Å². The molecule has 1 fully saturated rings. The Kier molecular flexibility index (Phi) is 1.32. The molecule has 0 saturated heterocycles. The van der Waals surface area contributed by atoms with Crippen LogP contribution in [0.4, 0.5) is 14.5 Å². The molecule has 3 rings (SSSR count). The van der Waals surface area contributed by atoms with Crippen molar-refractivity contribution in [1.82, 2.24) is 0 Å². The fourth-order valence-corrected chi connectivity index (χ4v) is 2.38. The molecule has 3 N–H and O–H groups in total. The van der Waals surface area contributed by atoms with E-state index in [1.807, 2.05) is 0 Å². The van der Waals surface area contributed by atoms with E-state index in [4.69, 9.17) is 5.73 Å². The first kappa shape index (κ1) is 8.17. The van der Waals surface area contributed by atoms with Crippen molar-refractivity contribution >= 4 is 5.69 Å². The third-order valence-corrected chi connectivity index (χ3v) is 3.28. The Hall–Kier alpha value is -1.16. The van der Waals surface area contributed by atoms with Crippen LogP contribution in [0.2, 0.25) is 0 Å². The van der Waals surface area contributed by atoms with Gasteiger partial charge in [-0.15, -0.1) is 0 Å². The lowest BCUT2D eigenvalue weighted by Crippen LogP contribution is -2.21.